The van der Waals surface area contributed by atoms with E-state index >= 15 is 0 Å². The fourth-order valence-corrected chi connectivity index (χ4v) is 3.38. The lowest BCUT2D eigenvalue weighted by Crippen LogP contribution is -2.31. The zero-order valence-electron chi connectivity index (χ0n) is 13.4. The standard InChI is InChI=1S/C18H22N2O2/c1-4-15-16(19-12-22-15)17(21)20-10-14(18(2,3)11-20)13-8-6-5-7-9-13/h5-9,12,14H,4,10-11H2,1-3H3. The maximum atomic E-state index is 12.8. The molecule has 1 aliphatic heterocycles. The third-order valence-corrected chi connectivity index (χ3v) is 4.60. The summed E-state index contributed by atoms with van der Waals surface area (Å²) in [7, 11) is 0. The van der Waals surface area contributed by atoms with Gasteiger partial charge in [-0.3, -0.25) is 4.79 Å². The van der Waals surface area contributed by atoms with Crippen LogP contribution in [0, 0.1) is 5.41 Å². The van der Waals surface area contributed by atoms with Gasteiger partial charge in [0, 0.05) is 25.4 Å². The van der Waals surface area contributed by atoms with E-state index in [1.54, 1.807) is 0 Å². The van der Waals surface area contributed by atoms with Gasteiger partial charge in [0.05, 0.1) is 0 Å². The molecule has 1 saturated heterocycles. The van der Waals surface area contributed by atoms with Gasteiger partial charge in [0.25, 0.3) is 5.91 Å². The average Bonchev–Trinajstić information content (AvgIpc) is 3.11. The predicted molar refractivity (Wildman–Crippen MR) is 84.7 cm³/mol. The summed E-state index contributed by atoms with van der Waals surface area (Å²) in [6, 6.07) is 10.4. The number of rotatable bonds is 3. The molecule has 4 heteroatoms. The van der Waals surface area contributed by atoms with Gasteiger partial charge in [-0.25, -0.2) is 4.98 Å². The highest BCUT2D eigenvalue weighted by Gasteiger charge is 2.42. The summed E-state index contributed by atoms with van der Waals surface area (Å²) in [6.07, 6.45) is 2.04. The molecule has 1 aromatic heterocycles. The van der Waals surface area contributed by atoms with Crippen molar-refractivity contribution in [2.45, 2.75) is 33.1 Å². The molecule has 0 N–H and O–H groups in total. The number of nitrogens with zero attached hydrogens (tertiary/aromatic N) is 2. The van der Waals surface area contributed by atoms with E-state index in [0.29, 0.717) is 23.8 Å². The summed E-state index contributed by atoms with van der Waals surface area (Å²) >= 11 is 0. The van der Waals surface area contributed by atoms with Gasteiger partial charge in [-0.15, -0.1) is 0 Å². The number of oxazole rings is 1. The van der Waals surface area contributed by atoms with Crippen molar-refractivity contribution in [2.24, 2.45) is 5.41 Å². The lowest BCUT2D eigenvalue weighted by Gasteiger charge is -2.25. The molecule has 22 heavy (non-hydrogen) atoms. The molecule has 1 unspecified atom stereocenters. The second-order valence-electron chi connectivity index (χ2n) is 6.62. The molecule has 0 bridgehead atoms. The minimum absolute atomic E-state index is 0.0166. The highest BCUT2D eigenvalue weighted by atomic mass is 16.3. The van der Waals surface area contributed by atoms with Gasteiger partial charge in [-0.1, -0.05) is 51.1 Å². The quantitative estimate of drug-likeness (QED) is 0.871. The van der Waals surface area contributed by atoms with Crippen molar-refractivity contribution in [3.63, 3.8) is 0 Å². The molecule has 2 heterocycles. The molecule has 4 nitrogen and oxygen atoms in total. The van der Waals surface area contributed by atoms with E-state index < -0.39 is 0 Å². The Hall–Kier alpha value is -2.10. The van der Waals surface area contributed by atoms with Crippen LogP contribution in [0.4, 0.5) is 0 Å². The van der Waals surface area contributed by atoms with Gasteiger partial charge >= 0.3 is 0 Å². The van der Waals surface area contributed by atoms with Gasteiger partial charge in [-0.05, 0) is 11.0 Å². The molecule has 116 valence electrons. The normalized spacial score (nSPS) is 20.3. The van der Waals surface area contributed by atoms with Crippen LogP contribution in [0.1, 0.15) is 48.5 Å². The topological polar surface area (TPSA) is 46.3 Å². The van der Waals surface area contributed by atoms with Gasteiger partial charge < -0.3 is 9.32 Å². The minimum atomic E-state index is -0.0166. The second-order valence-corrected chi connectivity index (χ2v) is 6.62. The van der Waals surface area contributed by atoms with Crippen molar-refractivity contribution in [3.05, 3.63) is 53.7 Å². The van der Waals surface area contributed by atoms with Crippen LogP contribution >= 0.6 is 0 Å². The van der Waals surface area contributed by atoms with E-state index in [0.717, 1.165) is 13.1 Å². The average molecular weight is 298 g/mol. The number of hydrogen-bond acceptors (Lipinski definition) is 3. The number of likely N-dealkylation sites (tertiary alicyclic amines) is 1. The van der Waals surface area contributed by atoms with E-state index in [1.807, 2.05) is 17.9 Å². The summed E-state index contributed by atoms with van der Waals surface area (Å²) in [5.41, 5.74) is 1.80. The Morgan fingerprint density at radius 2 is 2.09 bits per heavy atom. The summed E-state index contributed by atoms with van der Waals surface area (Å²) < 4.78 is 5.30. The molecule has 0 saturated carbocycles. The minimum Gasteiger partial charge on any atom is -0.448 e. The zero-order valence-corrected chi connectivity index (χ0v) is 13.4. The van der Waals surface area contributed by atoms with Crippen molar-refractivity contribution >= 4 is 5.91 Å². The van der Waals surface area contributed by atoms with Crippen LogP contribution in [0.15, 0.2) is 41.1 Å². The first-order valence-electron chi connectivity index (χ1n) is 7.79. The zero-order chi connectivity index (χ0) is 15.7. The predicted octanol–water partition coefficient (Wildman–Crippen LogP) is 3.50. The lowest BCUT2D eigenvalue weighted by molar-refractivity contribution is 0.0770. The molecule has 1 amide bonds. The van der Waals surface area contributed by atoms with Crippen LogP contribution in [0.5, 0.6) is 0 Å². The van der Waals surface area contributed by atoms with Gasteiger partial charge in [0.15, 0.2) is 12.1 Å². The van der Waals surface area contributed by atoms with Crippen LogP contribution in [0.3, 0.4) is 0 Å². The van der Waals surface area contributed by atoms with Crippen LogP contribution < -0.4 is 0 Å². The van der Waals surface area contributed by atoms with Crippen molar-refractivity contribution in [1.29, 1.82) is 0 Å². The second kappa shape index (κ2) is 5.59. The van der Waals surface area contributed by atoms with Crippen LogP contribution in [0.25, 0.3) is 0 Å². The maximum absolute atomic E-state index is 12.8. The monoisotopic (exact) mass is 298 g/mol. The fourth-order valence-electron chi connectivity index (χ4n) is 3.38. The number of amides is 1. The molecule has 1 aliphatic rings. The first kappa shape index (κ1) is 14.8. The molecule has 1 atom stereocenters. The smallest absolute Gasteiger partial charge is 0.276 e. The first-order chi connectivity index (χ1) is 10.5. The molecule has 3 rings (SSSR count). The van der Waals surface area contributed by atoms with E-state index in [4.69, 9.17) is 4.42 Å². The first-order valence-corrected chi connectivity index (χ1v) is 7.79. The van der Waals surface area contributed by atoms with Gasteiger partial charge in [-0.2, -0.15) is 0 Å². The molecule has 2 aromatic rings. The summed E-state index contributed by atoms with van der Waals surface area (Å²) in [5, 5.41) is 0. The van der Waals surface area contributed by atoms with Gasteiger partial charge in [0.1, 0.15) is 5.76 Å². The molecule has 1 fully saturated rings. The Bertz CT molecular complexity index is 661. The summed E-state index contributed by atoms with van der Waals surface area (Å²) in [6.45, 7) is 7.88. The Morgan fingerprint density at radius 1 is 1.36 bits per heavy atom. The number of benzene rings is 1. The Labute approximate surface area is 131 Å². The van der Waals surface area contributed by atoms with E-state index in [2.05, 4.69) is 43.1 Å². The summed E-state index contributed by atoms with van der Waals surface area (Å²) in [4.78, 5) is 18.8. The van der Waals surface area contributed by atoms with Crippen LogP contribution in [-0.4, -0.2) is 28.9 Å². The van der Waals surface area contributed by atoms with Gasteiger partial charge in [0.2, 0.25) is 0 Å². The van der Waals surface area contributed by atoms with E-state index in [9.17, 15) is 4.79 Å². The number of hydrogen-bond donors (Lipinski definition) is 0. The van der Waals surface area contributed by atoms with Crippen molar-refractivity contribution in [3.8, 4) is 0 Å². The highest BCUT2D eigenvalue weighted by molar-refractivity contribution is 5.93. The molecule has 1 aromatic carbocycles. The van der Waals surface area contributed by atoms with E-state index in [1.165, 1.54) is 12.0 Å². The molecule has 0 spiro atoms. The molecular formula is C18H22N2O2. The fraction of sp³-hybridized carbons (Fsp3) is 0.444. The Kier molecular flexibility index (Phi) is 3.77. The maximum Gasteiger partial charge on any atom is 0.276 e. The molecular weight excluding hydrogens is 276 g/mol. The van der Waals surface area contributed by atoms with Crippen LogP contribution in [-0.2, 0) is 6.42 Å². The number of carbonyl (C=O) groups is 1. The van der Waals surface area contributed by atoms with Crippen molar-refractivity contribution in [2.75, 3.05) is 13.1 Å². The largest absolute Gasteiger partial charge is 0.448 e. The third kappa shape index (κ3) is 2.54. The number of aryl methyl sites for hydroxylation is 1. The van der Waals surface area contributed by atoms with Crippen molar-refractivity contribution in [1.82, 2.24) is 9.88 Å². The van der Waals surface area contributed by atoms with E-state index in [-0.39, 0.29) is 11.3 Å². The SMILES string of the molecule is CCc1ocnc1C(=O)N1CC(c2ccccc2)C(C)(C)C1. The summed E-state index contributed by atoms with van der Waals surface area (Å²) in [5.74, 6) is 0.998. The number of aromatic nitrogens is 1. The Balaban J connectivity index is 1.85. The third-order valence-electron chi connectivity index (χ3n) is 4.60. The molecule has 0 radical (unpaired) electrons. The van der Waals surface area contributed by atoms with Crippen LogP contribution in [0.2, 0.25) is 0 Å². The van der Waals surface area contributed by atoms with Crippen molar-refractivity contribution < 1.29 is 9.21 Å². The highest BCUT2D eigenvalue weighted by Crippen LogP contribution is 2.42. The molecule has 0 aliphatic carbocycles. The Morgan fingerprint density at radius 3 is 2.77 bits per heavy atom. The number of carbonyl (C=O) groups excluding carboxylic acids is 1. The lowest BCUT2D eigenvalue weighted by atomic mass is 9.78.